The molecule has 0 aliphatic rings. The second-order valence-electron chi connectivity index (χ2n) is 5.91. The van der Waals surface area contributed by atoms with Crippen molar-refractivity contribution in [2.45, 2.75) is 37.0 Å². The van der Waals surface area contributed by atoms with Gasteiger partial charge in [0.15, 0.2) is 0 Å². The van der Waals surface area contributed by atoms with Crippen LogP contribution in [-0.4, -0.2) is 25.4 Å². The minimum absolute atomic E-state index is 0.0112. The molecule has 0 radical (unpaired) electrons. The first-order valence-corrected chi connectivity index (χ1v) is 9.08. The van der Waals surface area contributed by atoms with Gasteiger partial charge in [-0.15, -0.1) is 11.8 Å². The van der Waals surface area contributed by atoms with Crippen LogP contribution in [0, 0.1) is 6.92 Å². The molecule has 0 spiro atoms. The lowest BCUT2D eigenvalue weighted by Gasteiger charge is -2.20. The lowest BCUT2D eigenvalue weighted by molar-refractivity contribution is -0.120. The Bertz CT molecular complexity index is 715. The van der Waals surface area contributed by atoms with Crippen LogP contribution in [0.15, 0.2) is 47.4 Å². The van der Waals surface area contributed by atoms with Gasteiger partial charge in [0.05, 0.1) is 25.5 Å². The molecular formula is C20H25NO3S. The van der Waals surface area contributed by atoms with Crippen molar-refractivity contribution < 1.29 is 14.3 Å². The van der Waals surface area contributed by atoms with Gasteiger partial charge in [0.2, 0.25) is 5.91 Å². The summed E-state index contributed by atoms with van der Waals surface area (Å²) in [4.78, 5) is 13.6. The average Bonchev–Trinajstić information content (AvgIpc) is 2.62. The van der Waals surface area contributed by atoms with Crippen LogP contribution < -0.4 is 14.8 Å². The van der Waals surface area contributed by atoms with Crippen LogP contribution in [0.1, 0.15) is 31.0 Å². The summed E-state index contributed by atoms with van der Waals surface area (Å²) in [6, 6.07) is 13.6. The van der Waals surface area contributed by atoms with Crippen LogP contribution in [-0.2, 0) is 4.79 Å². The molecule has 134 valence electrons. The van der Waals surface area contributed by atoms with Gasteiger partial charge < -0.3 is 14.8 Å². The summed E-state index contributed by atoms with van der Waals surface area (Å²) >= 11 is 1.55. The maximum atomic E-state index is 12.5. The smallest absolute Gasteiger partial charge is 0.233 e. The van der Waals surface area contributed by atoms with Crippen LogP contribution >= 0.6 is 11.8 Å². The van der Waals surface area contributed by atoms with Gasteiger partial charge >= 0.3 is 0 Å². The number of hydrogen-bond acceptors (Lipinski definition) is 4. The monoisotopic (exact) mass is 359 g/mol. The van der Waals surface area contributed by atoms with Crippen molar-refractivity contribution in [2.75, 3.05) is 14.2 Å². The molecule has 0 aromatic heterocycles. The van der Waals surface area contributed by atoms with E-state index in [2.05, 4.69) is 17.4 Å². The second kappa shape index (κ2) is 8.81. The molecule has 0 saturated carbocycles. The lowest BCUT2D eigenvalue weighted by atomic mass is 10.1. The SMILES string of the molecule is COc1ccc(OC)c(C(C)NC(=O)C(C)Sc2ccc(C)cc2)c1. The summed E-state index contributed by atoms with van der Waals surface area (Å²) in [7, 11) is 3.24. The molecule has 5 heteroatoms. The standard InChI is InChI=1S/C20H25NO3S/c1-13-6-9-17(10-7-13)25-15(3)20(22)21-14(2)18-12-16(23-4)8-11-19(18)24-5/h6-12,14-15H,1-5H3,(H,21,22). The number of aryl methyl sites for hydroxylation is 1. The van der Waals surface area contributed by atoms with Crippen LogP contribution in [0.4, 0.5) is 0 Å². The molecule has 0 heterocycles. The first-order valence-electron chi connectivity index (χ1n) is 8.20. The van der Waals surface area contributed by atoms with Crippen molar-refractivity contribution in [3.63, 3.8) is 0 Å². The molecule has 2 unspecified atom stereocenters. The summed E-state index contributed by atoms with van der Waals surface area (Å²) < 4.78 is 10.7. The Morgan fingerprint density at radius 1 is 1.04 bits per heavy atom. The van der Waals surface area contributed by atoms with Gasteiger partial charge in [-0.2, -0.15) is 0 Å². The first kappa shape index (κ1) is 19.2. The molecule has 0 aliphatic carbocycles. The maximum Gasteiger partial charge on any atom is 0.233 e. The van der Waals surface area contributed by atoms with Crippen LogP contribution in [0.5, 0.6) is 11.5 Å². The summed E-state index contributed by atoms with van der Waals surface area (Å²) in [6.07, 6.45) is 0. The third-order valence-corrected chi connectivity index (χ3v) is 5.08. The number of carbonyl (C=O) groups is 1. The molecule has 0 fully saturated rings. The molecular weight excluding hydrogens is 334 g/mol. The normalized spacial score (nSPS) is 13.0. The first-order chi connectivity index (χ1) is 11.9. The number of methoxy groups -OCH3 is 2. The summed E-state index contributed by atoms with van der Waals surface area (Å²) in [5.41, 5.74) is 2.10. The third kappa shape index (κ3) is 5.16. The fraction of sp³-hybridized carbons (Fsp3) is 0.350. The molecule has 2 aromatic rings. The van der Waals surface area contributed by atoms with E-state index in [0.717, 1.165) is 22.0 Å². The Morgan fingerprint density at radius 2 is 1.72 bits per heavy atom. The van der Waals surface area contributed by atoms with E-state index < -0.39 is 0 Å². The highest BCUT2D eigenvalue weighted by atomic mass is 32.2. The van der Waals surface area contributed by atoms with Crippen molar-refractivity contribution >= 4 is 17.7 Å². The highest BCUT2D eigenvalue weighted by Crippen LogP contribution is 2.30. The van der Waals surface area contributed by atoms with E-state index in [-0.39, 0.29) is 17.2 Å². The number of amides is 1. The predicted octanol–water partition coefficient (Wildman–Crippen LogP) is 4.37. The lowest BCUT2D eigenvalue weighted by Crippen LogP contribution is -2.33. The van der Waals surface area contributed by atoms with Gasteiger partial charge in [0, 0.05) is 10.5 Å². The van der Waals surface area contributed by atoms with Crippen molar-refractivity contribution in [2.24, 2.45) is 0 Å². The molecule has 2 rings (SSSR count). The summed E-state index contributed by atoms with van der Waals surface area (Å²) in [5, 5.41) is 2.87. The summed E-state index contributed by atoms with van der Waals surface area (Å²) in [6.45, 7) is 5.90. The van der Waals surface area contributed by atoms with E-state index >= 15 is 0 Å². The number of thioether (sulfide) groups is 1. The Morgan fingerprint density at radius 3 is 2.32 bits per heavy atom. The number of hydrogen-bond donors (Lipinski definition) is 1. The molecule has 0 saturated heterocycles. The average molecular weight is 359 g/mol. The number of ether oxygens (including phenoxy) is 2. The number of nitrogens with one attached hydrogen (secondary N) is 1. The van der Waals surface area contributed by atoms with Gasteiger partial charge in [-0.3, -0.25) is 4.79 Å². The second-order valence-corrected chi connectivity index (χ2v) is 7.33. The maximum absolute atomic E-state index is 12.5. The number of carbonyl (C=O) groups excluding carboxylic acids is 1. The van der Waals surface area contributed by atoms with E-state index in [1.165, 1.54) is 5.56 Å². The number of rotatable bonds is 7. The fourth-order valence-corrected chi connectivity index (χ4v) is 3.34. The Hall–Kier alpha value is -2.14. The Kier molecular flexibility index (Phi) is 6.76. The van der Waals surface area contributed by atoms with E-state index in [1.54, 1.807) is 26.0 Å². The minimum atomic E-state index is -0.193. The van der Waals surface area contributed by atoms with Crippen molar-refractivity contribution in [1.82, 2.24) is 5.32 Å². The Balaban J connectivity index is 2.05. The van der Waals surface area contributed by atoms with Crippen LogP contribution in [0.25, 0.3) is 0 Å². The fourth-order valence-electron chi connectivity index (χ4n) is 2.46. The van der Waals surface area contributed by atoms with Crippen molar-refractivity contribution in [3.8, 4) is 11.5 Å². The van der Waals surface area contributed by atoms with Gasteiger partial charge in [-0.25, -0.2) is 0 Å². The van der Waals surface area contributed by atoms with E-state index in [9.17, 15) is 4.79 Å². The quantitative estimate of drug-likeness (QED) is 0.746. The molecule has 1 N–H and O–H groups in total. The van der Waals surface area contributed by atoms with Gasteiger partial charge in [0.25, 0.3) is 0 Å². The van der Waals surface area contributed by atoms with Crippen LogP contribution in [0.2, 0.25) is 0 Å². The molecule has 0 bridgehead atoms. The van der Waals surface area contributed by atoms with Gasteiger partial charge in [0.1, 0.15) is 11.5 Å². The van der Waals surface area contributed by atoms with Crippen molar-refractivity contribution in [1.29, 1.82) is 0 Å². The zero-order valence-electron chi connectivity index (χ0n) is 15.3. The molecule has 25 heavy (non-hydrogen) atoms. The van der Waals surface area contributed by atoms with E-state index in [0.29, 0.717) is 0 Å². The third-order valence-electron chi connectivity index (χ3n) is 3.97. The largest absolute Gasteiger partial charge is 0.497 e. The zero-order chi connectivity index (χ0) is 18.4. The van der Waals surface area contributed by atoms with Crippen molar-refractivity contribution in [3.05, 3.63) is 53.6 Å². The highest BCUT2D eigenvalue weighted by molar-refractivity contribution is 8.00. The topological polar surface area (TPSA) is 47.6 Å². The van der Waals surface area contributed by atoms with E-state index in [1.807, 2.05) is 51.1 Å². The molecule has 1 amide bonds. The number of benzene rings is 2. The highest BCUT2D eigenvalue weighted by Gasteiger charge is 2.19. The molecule has 0 aliphatic heterocycles. The molecule has 2 atom stereocenters. The zero-order valence-corrected chi connectivity index (χ0v) is 16.1. The predicted molar refractivity (Wildman–Crippen MR) is 103 cm³/mol. The van der Waals surface area contributed by atoms with E-state index in [4.69, 9.17) is 9.47 Å². The minimum Gasteiger partial charge on any atom is -0.497 e. The summed E-state index contributed by atoms with van der Waals surface area (Å²) in [5.74, 6) is 1.45. The van der Waals surface area contributed by atoms with Gasteiger partial charge in [-0.1, -0.05) is 17.7 Å². The van der Waals surface area contributed by atoms with Crippen LogP contribution in [0.3, 0.4) is 0 Å². The van der Waals surface area contributed by atoms with Gasteiger partial charge in [-0.05, 0) is 51.1 Å². The Labute approximate surface area is 153 Å². The molecule has 4 nitrogen and oxygen atoms in total. The molecule has 2 aromatic carbocycles.